The highest BCUT2D eigenvalue weighted by Gasteiger charge is 2.06. The third kappa shape index (κ3) is 2.82. The summed E-state index contributed by atoms with van der Waals surface area (Å²) in [6, 6.07) is 13.1. The van der Waals surface area contributed by atoms with Crippen LogP contribution in [0.25, 0.3) is 0 Å². The minimum absolute atomic E-state index is 0.142. The van der Waals surface area contributed by atoms with E-state index in [1.807, 2.05) is 18.2 Å². The van der Waals surface area contributed by atoms with Crippen molar-refractivity contribution in [3.8, 4) is 0 Å². The average Bonchev–Trinajstić information content (AvgIpc) is 2.41. The van der Waals surface area contributed by atoms with Crippen LogP contribution >= 0.6 is 11.6 Å². The molecule has 18 heavy (non-hydrogen) atoms. The molecule has 0 unspecified atom stereocenters. The fraction of sp³-hybridized carbons (Fsp3) is 0.200. The summed E-state index contributed by atoms with van der Waals surface area (Å²) in [7, 11) is 0. The van der Waals surface area contributed by atoms with Gasteiger partial charge in [-0.05, 0) is 29.7 Å². The molecule has 0 atom stereocenters. The fourth-order valence-electron chi connectivity index (χ4n) is 1.91. The first-order chi connectivity index (χ1) is 8.72. The summed E-state index contributed by atoms with van der Waals surface area (Å²) in [6.45, 7) is 2.71. The molecule has 0 spiro atoms. The maximum Gasteiger partial charge on any atom is 0.164 e. The molecule has 2 aromatic rings. The van der Waals surface area contributed by atoms with Crippen molar-refractivity contribution in [1.82, 2.24) is 0 Å². The summed E-state index contributed by atoms with van der Waals surface area (Å²) in [4.78, 5) is 0. The largest absolute Gasteiger partial charge is 0.379 e. The van der Waals surface area contributed by atoms with Gasteiger partial charge < -0.3 is 5.32 Å². The summed E-state index contributed by atoms with van der Waals surface area (Å²) in [5, 5.41) is 3.23. The normalized spacial score (nSPS) is 10.4. The average molecular weight is 264 g/mol. The quantitative estimate of drug-likeness (QED) is 0.846. The lowest BCUT2D eigenvalue weighted by Gasteiger charge is -2.11. The van der Waals surface area contributed by atoms with Gasteiger partial charge in [-0.2, -0.15) is 0 Å². The zero-order valence-corrected chi connectivity index (χ0v) is 11.0. The first-order valence-corrected chi connectivity index (χ1v) is 6.35. The van der Waals surface area contributed by atoms with Crippen molar-refractivity contribution < 1.29 is 4.39 Å². The monoisotopic (exact) mass is 263 g/mol. The molecule has 94 valence electrons. The standard InChI is InChI=1S/C15H15ClFN/c1-2-11-6-3-4-7-12(11)10-18-14-9-5-8-13(16)15(14)17/h3-9,18H,2,10H2,1H3. The first kappa shape index (κ1) is 12.9. The van der Waals surface area contributed by atoms with E-state index < -0.39 is 5.82 Å². The maximum atomic E-state index is 13.7. The lowest BCUT2D eigenvalue weighted by molar-refractivity contribution is 0.630. The second-order valence-corrected chi connectivity index (χ2v) is 4.48. The smallest absolute Gasteiger partial charge is 0.164 e. The van der Waals surface area contributed by atoms with Crippen molar-refractivity contribution in [3.63, 3.8) is 0 Å². The van der Waals surface area contributed by atoms with Gasteiger partial charge in [-0.15, -0.1) is 0 Å². The molecule has 0 bridgehead atoms. The number of nitrogens with one attached hydrogen (secondary N) is 1. The Hall–Kier alpha value is -1.54. The summed E-state index contributed by atoms with van der Waals surface area (Å²) < 4.78 is 13.7. The summed E-state index contributed by atoms with van der Waals surface area (Å²) in [5.41, 5.74) is 2.89. The second-order valence-electron chi connectivity index (χ2n) is 4.08. The highest BCUT2D eigenvalue weighted by atomic mass is 35.5. The van der Waals surface area contributed by atoms with E-state index in [1.54, 1.807) is 18.2 Å². The van der Waals surface area contributed by atoms with Crippen LogP contribution in [0.2, 0.25) is 5.02 Å². The number of hydrogen-bond acceptors (Lipinski definition) is 1. The number of benzene rings is 2. The van der Waals surface area contributed by atoms with Crippen molar-refractivity contribution in [3.05, 3.63) is 64.4 Å². The van der Waals surface area contributed by atoms with Crippen molar-refractivity contribution >= 4 is 17.3 Å². The molecule has 0 aromatic heterocycles. The van der Waals surface area contributed by atoms with E-state index in [1.165, 1.54) is 11.1 Å². The SMILES string of the molecule is CCc1ccccc1CNc1cccc(Cl)c1F. The number of hydrogen-bond donors (Lipinski definition) is 1. The molecule has 0 aliphatic carbocycles. The molecule has 2 aromatic carbocycles. The molecular weight excluding hydrogens is 249 g/mol. The molecule has 0 aliphatic rings. The van der Waals surface area contributed by atoms with Crippen LogP contribution in [-0.4, -0.2) is 0 Å². The molecule has 0 radical (unpaired) electrons. The molecule has 0 saturated heterocycles. The van der Waals surface area contributed by atoms with Crippen LogP contribution in [0.1, 0.15) is 18.1 Å². The Morgan fingerprint density at radius 3 is 2.50 bits per heavy atom. The molecule has 0 heterocycles. The van der Waals surface area contributed by atoms with Crippen molar-refractivity contribution in [1.29, 1.82) is 0 Å². The molecular formula is C15H15ClFN. The lowest BCUT2D eigenvalue weighted by Crippen LogP contribution is -2.04. The van der Waals surface area contributed by atoms with Crippen molar-refractivity contribution in [2.75, 3.05) is 5.32 Å². The van der Waals surface area contributed by atoms with Gasteiger partial charge in [0.25, 0.3) is 0 Å². The van der Waals surface area contributed by atoms with Crippen LogP contribution in [0.4, 0.5) is 10.1 Å². The van der Waals surface area contributed by atoms with E-state index in [4.69, 9.17) is 11.6 Å². The van der Waals surface area contributed by atoms with Gasteiger partial charge in [-0.25, -0.2) is 4.39 Å². The fourth-order valence-corrected chi connectivity index (χ4v) is 2.08. The van der Waals surface area contributed by atoms with E-state index in [0.717, 1.165) is 6.42 Å². The minimum atomic E-state index is -0.395. The molecule has 2 rings (SSSR count). The topological polar surface area (TPSA) is 12.0 Å². The zero-order chi connectivity index (χ0) is 13.0. The van der Waals surface area contributed by atoms with Gasteiger partial charge in [-0.1, -0.05) is 48.9 Å². The predicted octanol–water partition coefficient (Wildman–Crippen LogP) is 4.65. The van der Waals surface area contributed by atoms with Gasteiger partial charge in [0.1, 0.15) is 0 Å². The van der Waals surface area contributed by atoms with E-state index >= 15 is 0 Å². The highest BCUT2D eigenvalue weighted by Crippen LogP contribution is 2.22. The second kappa shape index (κ2) is 5.87. The summed E-state index contributed by atoms with van der Waals surface area (Å²) >= 11 is 5.74. The van der Waals surface area contributed by atoms with Crippen LogP contribution in [0.5, 0.6) is 0 Å². The van der Waals surface area contributed by atoms with E-state index in [-0.39, 0.29) is 5.02 Å². The molecule has 0 aliphatic heterocycles. The zero-order valence-electron chi connectivity index (χ0n) is 10.2. The van der Waals surface area contributed by atoms with E-state index in [0.29, 0.717) is 12.2 Å². The van der Waals surface area contributed by atoms with Crippen LogP contribution in [0, 0.1) is 5.82 Å². The van der Waals surface area contributed by atoms with Gasteiger partial charge in [0.15, 0.2) is 5.82 Å². The van der Waals surface area contributed by atoms with Gasteiger partial charge in [0.2, 0.25) is 0 Å². The van der Waals surface area contributed by atoms with E-state index in [9.17, 15) is 4.39 Å². The molecule has 0 saturated carbocycles. The number of aryl methyl sites for hydroxylation is 1. The Bertz CT molecular complexity index is 540. The Morgan fingerprint density at radius 1 is 1.06 bits per heavy atom. The van der Waals surface area contributed by atoms with Crippen molar-refractivity contribution in [2.45, 2.75) is 19.9 Å². The minimum Gasteiger partial charge on any atom is -0.379 e. The molecule has 3 heteroatoms. The molecule has 1 N–H and O–H groups in total. The third-order valence-corrected chi connectivity index (χ3v) is 3.21. The van der Waals surface area contributed by atoms with Crippen LogP contribution in [0.15, 0.2) is 42.5 Å². The van der Waals surface area contributed by atoms with Crippen molar-refractivity contribution in [2.24, 2.45) is 0 Å². The number of anilines is 1. The van der Waals surface area contributed by atoms with E-state index in [2.05, 4.69) is 18.3 Å². The Morgan fingerprint density at radius 2 is 1.78 bits per heavy atom. The molecule has 0 fully saturated rings. The van der Waals surface area contributed by atoms with Gasteiger partial charge >= 0.3 is 0 Å². The highest BCUT2D eigenvalue weighted by molar-refractivity contribution is 6.31. The molecule has 1 nitrogen and oxygen atoms in total. The van der Waals surface area contributed by atoms with Gasteiger partial charge in [0, 0.05) is 6.54 Å². The summed E-state index contributed by atoms with van der Waals surface area (Å²) in [5.74, 6) is -0.395. The van der Waals surface area contributed by atoms with Crippen LogP contribution < -0.4 is 5.32 Å². The van der Waals surface area contributed by atoms with Gasteiger partial charge in [-0.3, -0.25) is 0 Å². The van der Waals surface area contributed by atoms with Crippen LogP contribution in [0.3, 0.4) is 0 Å². The van der Waals surface area contributed by atoms with Crippen LogP contribution in [-0.2, 0) is 13.0 Å². The lowest BCUT2D eigenvalue weighted by atomic mass is 10.1. The van der Waals surface area contributed by atoms with Gasteiger partial charge in [0.05, 0.1) is 10.7 Å². The maximum absolute atomic E-state index is 13.7. The first-order valence-electron chi connectivity index (χ1n) is 5.97. The Kier molecular flexibility index (Phi) is 4.21. The Labute approximate surface area is 112 Å². The predicted molar refractivity (Wildman–Crippen MR) is 74.6 cm³/mol. The molecule has 0 amide bonds. The Balaban J connectivity index is 2.14. The third-order valence-electron chi connectivity index (χ3n) is 2.92. The number of halogens is 2. The summed E-state index contributed by atoms with van der Waals surface area (Å²) in [6.07, 6.45) is 0.968. The number of rotatable bonds is 4.